The van der Waals surface area contributed by atoms with Crippen LogP contribution in [0.2, 0.25) is 0 Å². The Morgan fingerprint density at radius 2 is 1.80 bits per heavy atom. The minimum absolute atomic E-state index is 0.0102. The number of hydrogen-bond donors (Lipinski definition) is 1. The first kappa shape index (κ1) is 17.0. The topological polar surface area (TPSA) is 21.3 Å². The predicted molar refractivity (Wildman–Crippen MR) is 73.6 cm³/mol. The van der Waals surface area contributed by atoms with Crippen LogP contribution in [0.4, 0.5) is 13.2 Å². The van der Waals surface area contributed by atoms with E-state index in [1.54, 1.807) is 7.11 Å². The highest BCUT2D eigenvalue weighted by molar-refractivity contribution is 5.26. The summed E-state index contributed by atoms with van der Waals surface area (Å²) in [7, 11) is 1.65. The second-order valence-corrected chi connectivity index (χ2v) is 4.95. The van der Waals surface area contributed by atoms with Crippen molar-refractivity contribution in [1.82, 2.24) is 5.32 Å². The van der Waals surface area contributed by atoms with Crippen LogP contribution in [-0.2, 0) is 10.9 Å². The number of rotatable bonds is 7. The Morgan fingerprint density at radius 3 is 2.25 bits per heavy atom. The van der Waals surface area contributed by atoms with Crippen molar-refractivity contribution in [2.24, 2.45) is 0 Å². The van der Waals surface area contributed by atoms with E-state index >= 15 is 0 Å². The monoisotopic (exact) mass is 289 g/mol. The highest BCUT2D eigenvalue weighted by Gasteiger charge is 2.30. The summed E-state index contributed by atoms with van der Waals surface area (Å²) in [6.07, 6.45) is -2.28. The molecule has 0 heterocycles. The van der Waals surface area contributed by atoms with Gasteiger partial charge in [0.2, 0.25) is 0 Å². The van der Waals surface area contributed by atoms with Crippen LogP contribution < -0.4 is 5.32 Å². The number of halogens is 3. The van der Waals surface area contributed by atoms with Crippen LogP contribution in [0.15, 0.2) is 24.3 Å². The first-order valence-corrected chi connectivity index (χ1v) is 6.80. The van der Waals surface area contributed by atoms with Crippen LogP contribution in [-0.4, -0.2) is 19.8 Å². The van der Waals surface area contributed by atoms with Crippen molar-refractivity contribution in [3.05, 3.63) is 35.4 Å². The molecule has 114 valence electrons. The lowest BCUT2D eigenvalue weighted by Gasteiger charge is -2.23. The normalized spacial score (nSPS) is 15.1. The minimum atomic E-state index is -4.28. The SMILES string of the molecule is CCCC(COC)NC(C)c1ccc(C(F)(F)F)cc1. The van der Waals surface area contributed by atoms with Gasteiger partial charge in [0.25, 0.3) is 0 Å². The first-order valence-electron chi connectivity index (χ1n) is 6.80. The van der Waals surface area contributed by atoms with Crippen molar-refractivity contribution in [3.63, 3.8) is 0 Å². The van der Waals surface area contributed by atoms with E-state index in [1.165, 1.54) is 12.1 Å². The fourth-order valence-corrected chi connectivity index (χ4v) is 2.17. The zero-order chi connectivity index (χ0) is 15.2. The van der Waals surface area contributed by atoms with Gasteiger partial charge in [-0.2, -0.15) is 13.2 Å². The summed E-state index contributed by atoms with van der Waals surface area (Å²) < 4.78 is 42.6. The van der Waals surface area contributed by atoms with Gasteiger partial charge in [-0.25, -0.2) is 0 Å². The van der Waals surface area contributed by atoms with Crippen molar-refractivity contribution in [2.45, 2.75) is 44.9 Å². The second kappa shape index (κ2) is 7.64. The molecule has 5 heteroatoms. The van der Waals surface area contributed by atoms with Crippen LogP contribution >= 0.6 is 0 Å². The summed E-state index contributed by atoms with van der Waals surface area (Å²) in [4.78, 5) is 0. The zero-order valence-electron chi connectivity index (χ0n) is 12.1. The van der Waals surface area contributed by atoms with Gasteiger partial charge in [-0.05, 0) is 31.0 Å². The molecular weight excluding hydrogens is 267 g/mol. The molecule has 0 aliphatic carbocycles. The van der Waals surface area contributed by atoms with Gasteiger partial charge in [-0.1, -0.05) is 25.5 Å². The maximum absolute atomic E-state index is 12.5. The fourth-order valence-electron chi connectivity index (χ4n) is 2.17. The van der Waals surface area contributed by atoms with E-state index in [0.717, 1.165) is 30.5 Å². The summed E-state index contributed by atoms with van der Waals surface area (Å²) in [6, 6.07) is 5.50. The van der Waals surface area contributed by atoms with Crippen molar-refractivity contribution < 1.29 is 17.9 Å². The van der Waals surface area contributed by atoms with Crippen molar-refractivity contribution in [2.75, 3.05) is 13.7 Å². The summed E-state index contributed by atoms with van der Waals surface area (Å²) in [5.74, 6) is 0. The predicted octanol–water partition coefficient (Wildman–Crippen LogP) is 4.17. The number of benzene rings is 1. The Morgan fingerprint density at radius 1 is 1.20 bits per heavy atom. The van der Waals surface area contributed by atoms with Gasteiger partial charge in [0, 0.05) is 19.2 Å². The molecule has 1 aromatic carbocycles. The van der Waals surface area contributed by atoms with Gasteiger partial charge in [-0.3, -0.25) is 0 Å². The molecule has 1 N–H and O–H groups in total. The van der Waals surface area contributed by atoms with Crippen LogP contribution in [0.1, 0.15) is 43.9 Å². The lowest BCUT2D eigenvalue weighted by atomic mass is 10.0. The van der Waals surface area contributed by atoms with E-state index in [2.05, 4.69) is 12.2 Å². The number of alkyl halides is 3. The van der Waals surface area contributed by atoms with Gasteiger partial charge in [-0.15, -0.1) is 0 Å². The molecule has 0 aromatic heterocycles. The molecule has 0 amide bonds. The highest BCUT2D eigenvalue weighted by atomic mass is 19.4. The van der Waals surface area contributed by atoms with Crippen molar-refractivity contribution in [1.29, 1.82) is 0 Å². The van der Waals surface area contributed by atoms with Crippen LogP contribution in [0, 0.1) is 0 Å². The summed E-state index contributed by atoms with van der Waals surface area (Å²) >= 11 is 0. The molecule has 2 atom stereocenters. The molecule has 0 bridgehead atoms. The summed E-state index contributed by atoms with van der Waals surface area (Å²) in [5.41, 5.74) is 0.227. The second-order valence-electron chi connectivity index (χ2n) is 4.95. The zero-order valence-corrected chi connectivity index (χ0v) is 12.1. The fraction of sp³-hybridized carbons (Fsp3) is 0.600. The molecule has 1 aromatic rings. The Labute approximate surface area is 118 Å². The maximum atomic E-state index is 12.5. The smallest absolute Gasteiger partial charge is 0.383 e. The van der Waals surface area contributed by atoms with Gasteiger partial charge in [0.05, 0.1) is 12.2 Å². The molecule has 0 aliphatic heterocycles. The van der Waals surface area contributed by atoms with E-state index in [4.69, 9.17) is 4.74 Å². The molecule has 20 heavy (non-hydrogen) atoms. The van der Waals surface area contributed by atoms with Crippen LogP contribution in [0.3, 0.4) is 0 Å². The molecule has 0 spiro atoms. The standard InChI is InChI=1S/C15H22F3NO/c1-4-5-14(10-20-3)19-11(2)12-6-8-13(9-7-12)15(16,17)18/h6-9,11,14,19H,4-5,10H2,1-3H3. The summed E-state index contributed by atoms with van der Waals surface area (Å²) in [6.45, 7) is 4.63. The van der Waals surface area contributed by atoms with E-state index in [1.807, 2.05) is 6.92 Å². The number of methoxy groups -OCH3 is 1. The molecule has 0 saturated heterocycles. The Kier molecular flexibility index (Phi) is 6.49. The van der Waals surface area contributed by atoms with Gasteiger partial charge < -0.3 is 10.1 Å². The molecule has 2 nitrogen and oxygen atoms in total. The third-order valence-corrected chi connectivity index (χ3v) is 3.23. The molecule has 0 saturated carbocycles. The minimum Gasteiger partial charge on any atom is -0.383 e. The Balaban J connectivity index is 2.69. The number of hydrogen-bond acceptors (Lipinski definition) is 2. The largest absolute Gasteiger partial charge is 0.416 e. The average molecular weight is 289 g/mol. The number of nitrogens with one attached hydrogen (secondary N) is 1. The van der Waals surface area contributed by atoms with Crippen molar-refractivity contribution in [3.8, 4) is 0 Å². The molecule has 2 unspecified atom stereocenters. The van der Waals surface area contributed by atoms with Gasteiger partial charge in [0.15, 0.2) is 0 Å². The molecule has 0 aliphatic rings. The van der Waals surface area contributed by atoms with Crippen LogP contribution in [0.25, 0.3) is 0 Å². The molecule has 0 fully saturated rings. The molecular formula is C15H22F3NO. The third-order valence-electron chi connectivity index (χ3n) is 3.23. The molecule has 0 radical (unpaired) electrons. The maximum Gasteiger partial charge on any atom is 0.416 e. The van der Waals surface area contributed by atoms with E-state index < -0.39 is 11.7 Å². The quantitative estimate of drug-likeness (QED) is 0.813. The van der Waals surface area contributed by atoms with Crippen molar-refractivity contribution >= 4 is 0 Å². The lowest BCUT2D eigenvalue weighted by molar-refractivity contribution is -0.137. The Hall–Kier alpha value is -1.07. The highest BCUT2D eigenvalue weighted by Crippen LogP contribution is 2.29. The number of ether oxygens (including phenoxy) is 1. The third kappa shape index (κ3) is 5.13. The molecule has 1 rings (SSSR count). The Bertz CT molecular complexity index is 383. The summed E-state index contributed by atoms with van der Waals surface area (Å²) in [5, 5.41) is 3.39. The first-order chi connectivity index (χ1) is 9.38. The van der Waals surface area contributed by atoms with Crippen LogP contribution in [0.5, 0.6) is 0 Å². The lowest BCUT2D eigenvalue weighted by Crippen LogP contribution is -2.35. The van der Waals surface area contributed by atoms with Gasteiger partial charge in [0.1, 0.15) is 0 Å². The van der Waals surface area contributed by atoms with Gasteiger partial charge >= 0.3 is 6.18 Å². The van der Waals surface area contributed by atoms with E-state index in [9.17, 15) is 13.2 Å². The average Bonchev–Trinajstić information content (AvgIpc) is 2.38. The van der Waals surface area contributed by atoms with E-state index in [-0.39, 0.29) is 12.1 Å². The van der Waals surface area contributed by atoms with E-state index in [0.29, 0.717) is 6.61 Å².